The van der Waals surface area contributed by atoms with Crippen LogP contribution >= 0.6 is 35.3 Å². The summed E-state index contributed by atoms with van der Waals surface area (Å²) < 4.78 is 0. The number of amides is 1. The van der Waals surface area contributed by atoms with Crippen LogP contribution in [-0.4, -0.2) is 42.9 Å². The Morgan fingerprint density at radius 1 is 1.17 bits per heavy atom. The molecule has 0 unspecified atom stereocenters. The zero-order valence-corrected chi connectivity index (χ0v) is 17.8. The van der Waals surface area contributed by atoms with Gasteiger partial charge in [0, 0.05) is 29.4 Å². The SMILES string of the molecule is CCNC(=NCC(=O)N1CCCCC1)NCc1ccc(CC)s1.I. The summed E-state index contributed by atoms with van der Waals surface area (Å²) in [5.41, 5.74) is 0. The number of hydrogen-bond donors (Lipinski definition) is 2. The van der Waals surface area contributed by atoms with Gasteiger partial charge in [-0.1, -0.05) is 6.92 Å². The van der Waals surface area contributed by atoms with Crippen molar-refractivity contribution in [2.75, 3.05) is 26.2 Å². The third kappa shape index (κ3) is 6.96. The van der Waals surface area contributed by atoms with E-state index in [1.165, 1.54) is 16.2 Å². The largest absolute Gasteiger partial charge is 0.357 e. The van der Waals surface area contributed by atoms with Crippen molar-refractivity contribution in [3.8, 4) is 0 Å². The number of piperidine rings is 1. The standard InChI is InChI=1S/C17H28N4OS.HI/c1-3-14-8-9-15(23-14)12-19-17(18-4-2)20-13-16(22)21-10-6-5-7-11-21;/h8-9H,3-7,10-13H2,1-2H3,(H2,18,19,20);1H. The lowest BCUT2D eigenvalue weighted by Crippen LogP contribution is -2.40. The molecule has 1 aromatic heterocycles. The molecule has 0 bridgehead atoms. The molecule has 0 atom stereocenters. The van der Waals surface area contributed by atoms with Crippen LogP contribution in [0.4, 0.5) is 0 Å². The minimum Gasteiger partial charge on any atom is -0.357 e. The maximum Gasteiger partial charge on any atom is 0.244 e. The Morgan fingerprint density at radius 3 is 2.50 bits per heavy atom. The average molecular weight is 464 g/mol. The molecule has 24 heavy (non-hydrogen) atoms. The lowest BCUT2D eigenvalue weighted by atomic mass is 10.1. The number of nitrogens with one attached hydrogen (secondary N) is 2. The Balaban J connectivity index is 0.00000288. The van der Waals surface area contributed by atoms with Gasteiger partial charge in [-0.2, -0.15) is 0 Å². The van der Waals surface area contributed by atoms with Gasteiger partial charge in [0.05, 0.1) is 6.54 Å². The molecule has 0 spiro atoms. The number of aryl methyl sites for hydroxylation is 1. The summed E-state index contributed by atoms with van der Waals surface area (Å²) in [5.74, 6) is 0.843. The fourth-order valence-electron chi connectivity index (χ4n) is 2.61. The van der Waals surface area contributed by atoms with E-state index in [-0.39, 0.29) is 36.4 Å². The minimum absolute atomic E-state index is 0. The Morgan fingerprint density at radius 2 is 1.88 bits per heavy atom. The molecular weight excluding hydrogens is 435 g/mol. The Bertz CT molecular complexity index is 526. The van der Waals surface area contributed by atoms with E-state index in [1.54, 1.807) is 0 Å². The number of guanidine groups is 1. The van der Waals surface area contributed by atoms with Gasteiger partial charge in [0.15, 0.2) is 5.96 Å². The topological polar surface area (TPSA) is 56.7 Å². The molecule has 1 aliphatic heterocycles. The fraction of sp³-hybridized carbons (Fsp3) is 0.647. The van der Waals surface area contributed by atoms with Gasteiger partial charge in [0.1, 0.15) is 6.54 Å². The number of carbonyl (C=O) groups excluding carboxylic acids is 1. The highest BCUT2D eigenvalue weighted by atomic mass is 127. The number of likely N-dealkylation sites (tertiary alicyclic amines) is 1. The Labute approximate surface area is 166 Å². The van der Waals surface area contributed by atoms with Gasteiger partial charge in [-0.15, -0.1) is 35.3 Å². The number of halogens is 1. The monoisotopic (exact) mass is 464 g/mol. The molecule has 1 aliphatic rings. The van der Waals surface area contributed by atoms with E-state index in [1.807, 2.05) is 23.2 Å². The summed E-state index contributed by atoms with van der Waals surface area (Å²) in [4.78, 5) is 21.2. The van der Waals surface area contributed by atoms with E-state index < -0.39 is 0 Å². The molecule has 2 rings (SSSR count). The van der Waals surface area contributed by atoms with Crippen LogP contribution in [0.2, 0.25) is 0 Å². The van der Waals surface area contributed by atoms with Crippen LogP contribution < -0.4 is 10.6 Å². The second-order valence-corrected chi connectivity index (χ2v) is 6.96. The maximum absolute atomic E-state index is 12.2. The van der Waals surface area contributed by atoms with E-state index in [9.17, 15) is 4.79 Å². The number of aliphatic imine (C=N–C) groups is 1. The predicted molar refractivity (Wildman–Crippen MR) is 112 cm³/mol. The van der Waals surface area contributed by atoms with Crippen molar-refractivity contribution in [1.82, 2.24) is 15.5 Å². The van der Waals surface area contributed by atoms with Gasteiger partial charge in [-0.3, -0.25) is 4.79 Å². The normalized spacial score (nSPS) is 14.9. The van der Waals surface area contributed by atoms with Gasteiger partial charge in [-0.25, -0.2) is 4.99 Å². The van der Waals surface area contributed by atoms with Crippen molar-refractivity contribution in [3.63, 3.8) is 0 Å². The van der Waals surface area contributed by atoms with E-state index in [0.29, 0.717) is 5.96 Å². The van der Waals surface area contributed by atoms with Gasteiger partial charge < -0.3 is 15.5 Å². The van der Waals surface area contributed by atoms with Crippen molar-refractivity contribution in [1.29, 1.82) is 0 Å². The minimum atomic E-state index is 0. The molecule has 0 aromatic carbocycles. The van der Waals surface area contributed by atoms with Crippen molar-refractivity contribution in [3.05, 3.63) is 21.9 Å². The molecule has 2 N–H and O–H groups in total. The van der Waals surface area contributed by atoms with Crippen LogP contribution in [0, 0.1) is 0 Å². The lowest BCUT2D eigenvalue weighted by Gasteiger charge is -2.26. The second-order valence-electron chi connectivity index (χ2n) is 5.71. The summed E-state index contributed by atoms with van der Waals surface area (Å²) in [7, 11) is 0. The fourth-order valence-corrected chi connectivity index (χ4v) is 3.51. The smallest absolute Gasteiger partial charge is 0.244 e. The van der Waals surface area contributed by atoms with Crippen molar-refractivity contribution in [2.24, 2.45) is 4.99 Å². The molecule has 0 radical (unpaired) electrons. The van der Waals surface area contributed by atoms with Gasteiger partial charge in [0.2, 0.25) is 5.91 Å². The summed E-state index contributed by atoms with van der Waals surface area (Å²) >= 11 is 1.82. The van der Waals surface area contributed by atoms with Crippen molar-refractivity contribution < 1.29 is 4.79 Å². The third-order valence-corrected chi connectivity index (χ3v) is 5.15. The lowest BCUT2D eigenvalue weighted by molar-refractivity contribution is -0.130. The zero-order valence-electron chi connectivity index (χ0n) is 14.6. The third-order valence-electron chi connectivity index (χ3n) is 3.92. The van der Waals surface area contributed by atoms with Gasteiger partial charge >= 0.3 is 0 Å². The highest BCUT2D eigenvalue weighted by Gasteiger charge is 2.15. The molecule has 1 fully saturated rings. The number of rotatable bonds is 6. The Kier molecular flexibility index (Phi) is 10.3. The van der Waals surface area contributed by atoms with E-state index >= 15 is 0 Å². The summed E-state index contributed by atoms with van der Waals surface area (Å²) in [6.07, 6.45) is 4.54. The molecule has 7 heteroatoms. The van der Waals surface area contributed by atoms with E-state index in [2.05, 4.69) is 34.7 Å². The second kappa shape index (κ2) is 11.7. The summed E-state index contributed by atoms with van der Waals surface area (Å²) in [6, 6.07) is 4.32. The van der Waals surface area contributed by atoms with Crippen LogP contribution in [0.3, 0.4) is 0 Å². The van der Waals surface area contributed by atoms with Crippen LogP contribution in [-0.2, 0) is 17.8 Å². The number of nitrogens with zero attached hydrogens (tertiary/aromatic N) is 2. The summed E-state index contributed by atoms with van der Waals surface area (Å²) in [5, 5.41) is 6.52. The number of carbonyl (C=O) groups is 1. The molecule has 0 saturated carbocycles. The first-order valence-corrected chi connectivity index (χ1v) is 9.42. The number of thiophene rings is 1. The highest BCUT2D eigenvalue weighted by molar-refractivity contribution is 14.0. The highest BCUT2D eigenvalue weighted by Crippen LogP contribution is 2.16. The van der Waals surface area contributed by atoms with Crippen LogP contribution in [0.25, 0.3) is 0 Å². The van der Waals surface area contributed by atoms with E-state index in [4.69, 9.17) is 0 Å². The van der Waals surface area contributed by atoms with Crippen LogP contribution in [0.5, 0.6) is 0 Å². The molecule has 0 aliphatic carbocycles. The maximum atomic E-state index is 12.2. The van der Waals surface area contributed by atoms with Crippen molar-refractivity contribution in [2.45, 2.75) is 46.1 Å². The van der Waals surface area contributed by atoms with Crippen LogP contribution in [0.15, 0.2) is 17.1 Å². The zero-order chi connectivity index (χ0) is 16.5. The first-order valence-electron chi connectivity index (χ1n) is 8.60. The van der Waals surface area contributed by atoms with Gasteiger partial charge in [0.25, 0.3) is 0 Å². The molecule has 136 valence electrons. The molecule has 1 amide bonds. The quantitative estimate of drug-likeness (QED) is 0.387. The molecule has 2 heterocycles. The summed E-state index contributed by atoms with van der Waals surface area (Å²) in [6.45, 7) is 7.72. The first kappa shape index (κ1) is 21.2. The molecule has 1 aromatic rings. The molecule has 1 saturated heterocycles. The van der Waals surface area contributed by atoms with Crippen LogP contribution in [0.1, 0.15) is 42.9 Å². The first-order chi connectivity index (χ1) is 11.2. The van der Waals surface area contributed by atoms with Gasteiger partial charge in [-0.05, 0) is 44.7 Å². The average Bonchev–Trinajstić information content (AvgIpc) is 3.06. The predicted octanol–water partition coefficient (Wildman–Crippen LogP) is 3.00. The number of hydrogen-bond acceptors (Lipinski definition) is 3. The van der Waals surface area contributed by atoms with Crippen molar-refractivity contribution >= 4 is 47.2 Å². The molecule has 5 nitrogen and oxygen atoms in total. The van der Waals surface area contributed by atoms with E-state index in [0.717, 1.165) is 45.4 Å². The Hall–Kier alpha value is -0.830. The molecular formula is C17H29IN4OS.